The second-order valence-electron chi connectivity index (χ2n) is 8.97. The van der Waals surface area contributed by atoms with E-state index in [1.807, 2.05) is 24.0 Å². The summed E-state index contributed by atoms with van der Waals surface area (Å²) in [7, 11) is 0. The van der Waals surface area contributed by atoms with Gasteiger partial charge in [-0.2, -0.15) is 0 Å². The van der Waals surface area contributed by atoms with E-state index in [0.29, 0.717) is 39.1 Å². The van der Waals surface area contributed by atoms with E-state index < -0.39 is 5.41 Å². The van der Waals surface area contributed by atoms with Crippen molar-refractivity contribution in [3.63, 3.8) is 0 Å². The van der Waals surface area contributed by atoms with Gasteiger partial charge in [0, 0.05) is 44.7 Å². The first-order valence-corrected chi connectivity index (χ1v) is 10.8. The van der Waals surface area contributed by atoms with Crippen molar-refractivity contribution >= 4 is 11.6 Å². The number of benzene rings is 1. The maximum absolute atomic E-state index is 13.6. The number of oxime groups is 1. The summed E-state index contributed by atoms with van der Waals surface area (Å²) >= 11 is 0. The molecule has 0 spiro atoms. The van der Waals surface area contributed by atoms with Crippen LogP contribution in [0.1, 0.15) is 50.2 Å². The Morgan fingerprint density at radius 1 is 1.31 bits per heavy atom. The van der Waals surface area contributed by atoms with Crippen LogP contribution in [0.5, 0.6) is 0 Å². The van der Waals surface area contributed by atoms with Crippen molar-refractivity contribution in [3.8, 4) is 0 Å². The maximum atomic E-state index is 13.6. The summed E-state index contributed by atoms with van der Waals surface area (Å²) in [5.41, 5.74) is 2.83. The Bertz CT molecular complexity index is 772. The Labute approximate surface area is 172 Å². The fourth-order valence-corrected chi connectivity index (χ4v) is 4.95. The molecule has 6 heteroatoms. The molecule has 1 aromatic rings. The number of likely N-dealkylation sites (tertiary alicyclic amines) is 1. The lowest BCUT2D eigenvalue weighted by Crippen LogP contribution is -2.53. The van der Waals surface area contributed by atoms with Crippen LogP contribution in [0.25, 0.3) is 0 Å². The Morgan fingerprint density at radius 2 is 2.07 bits per heavy atom. The third-order valence-corrected chi connectivity index (χ3v) is 6.86. The number of hydrogen-bond donors (Lipinski definition) is 1. The van der Waals surface area contributed by atoms with Crippen LogP contribution < -0.4 is 0 Å². The van der Waals surface area contributed by atoms with Gasteiger partial charge in [0.1, 0.15) is 6.10 Å². The molecule has 3 heterocycles. The standard InChI is InChI=1S/C23H32N2O4/c1-16-5-3-4-6-19(16)20-13-18(29-24-20)14-23(8-11-28-12-9-23)22(27)25-10-7-21(26)17(2)15-25/h3-6,17-18,21,26H,7-15H2,1-2H3/t17-,18+,21+/m1/s1. The van der Waals surface area contributed by atoms with Gasteiger partial charge < -0.3 is 19.6 Å². The molecule has 0 saturated carbocycles. The van der Waals surface area contributed by atoms with Crippen LogP contribution in [0.3, 0.4) is 0 Å². The van der Waals surface area contributed by atoms with E-state index in [4.69, 9.17) is 9.57 Å². The lowest BCUT2D eigenvalue weighted by molar-refractivity contribution is -0.155. The van der Waals surface area contributed by atoms with Crippen molar-refractivity contribution in [1.82, 2.24) is 4.90 Å². The van der Waals surface area contributed by atoms with E-state index >= 15 is 0 Å². The number of amides is 1. The number of rotatable bonds is 4. The van der Waals surface area contributed by atoms with Crippen LogP contribution in [0, 0.1) is 18.3 Å². The zero-order chi connectivity index (χ0) is 20.4. The molecule has 29 heavy (non-hydrogen) atoms. The smallest absolute Gasteiger partial charge is 0.229 e. The number of aryl methyl sites for hydroxylation is 1. The largest absolute Gasteiger partial charge is 0.393 e. The number of piperidine rings is 1. The average Bonchev–Trinajstić information content (AvgIpc) is 3.18. The van der Waals surface area contributed by atoms with Crippen molar-refractivity contribution in [2.75, 3.05) is 26.3 Å². The molecule has 158 valence electrons. The van der Waals surface area contributed by atoms with Crippen LogP contribution in [0.15, 0.2) is 29.4 Å². The van der Waals surface area contributed by atoms with Gasteiger partial charge in [0.25, 0.3) is 0 Å². The molecule has 6 nitrogen and oxygen atoms in total. The molecule has 1 amide bonds. The zero-order valence-electron chi connectivity index (χ0n) is 17.5. The van der Waals surface area contributed by atoms with Gasteiger partial charge in [-0.15, -0.1) is 0 Å². The Hall–Kier alpha value is -1.92. The lowest BCUT2D eigenvalue weighted by atomic mass is 9.73. The van der Waals surface area contributed by atoms with Crippen LogP contribution in [-0.2, 0) is 14.4 Å². The Balaban J connectivity index is 1.47. The summed E-state index contributed by atoms with van der Waals surface area (Å²) in [5.74, 6) is 0.316. The highest BCUT2D eigenvalue weighted by molar-refractivity contribution is 6.02. The summed E-state index contributed by atoms with van der Waals surface area (Å²) < 4.78 is 5.59. The van der Waals surface area contributed by atoms with Gasteiger partial charge >= 0.3 is 0 Å². The van der Waals surface area contributed by atoms with Crippen LogP contribution >= 0.6 is 0 Å². The van der Waals surface area contributed by atoms with Crippen molar-refractivity contribution in [1.29, 1.82) is 0 Å². The average molecular weight is 401 g/mol. The highest BCUT2D eigenvalue weighted by Gasteiger charge is 2.46. The second-order valence-corrected chi connectivity index (χ2v) is 8.97. The summed E-state index contributed by atoms with van der Waals surface area (Å²) in [6, 6.07) is 8.21. The first-order chi connectivity index (χ1) is 14.0. The van der Waals surface area contributed by atoms with Crippen molar-refractivity contribution in [2.24, 2.45) is 16.5 Å². The van der Waals surface area contributed by atoms with Crippen molar-refractivity contribution in [3.05, 3.63) is 35.4 Å². The molecule has 3 atom stereocenters. The maximum Gasteiger partial charge on any atom is 0.229 e. The number of aliphatic hydroxyl groups excluding tert-OH is 1. The highest BCUT2D eigenvalue weighted by Crippen LogP contribution is 2.41. The van der Waals surface area contributed by atoms with Gasteiger partial charge in [-0.05, 0) is 37.7 Å². The summed E-state index contributed by atoms with van der Waals surface area (Å²) in [5, 5.41) is 14.4. The molecule has 0 aromatic heterocycles. The summed E-state index contributed by atoms with van der Waals surface area (Å²) in [4.78, 5) is 21.4. The number of ether oxygens (including phenoxy) is 1. The molecule has 4 rings (SSSR count). The van der Waals surface area contributed by atoms with Crippen LogP contribution in [-0.4, -0.2) is 60.1 Å². The molecular formula is C23H32N2O4. The van der Waals surface area contributed by atoms with E-state index in [-0.39, 0.29) is 24.0 Å². The topological polar surface area (TPSA) is 71.4 Å². The molecule has 0 unspecified atom stereocenters. The number of hydrogen-bond acceptors (Lipinski definition) is 5. The van der Waals surface area contributed by atoms with Gasteiger partial charge in [0.15, 0.2) is 0 Å². The fraction of sp³-hybridized carbons (Fsp3) is 0.652. The normalized spacial score (nSPS) is 29.3. The molecule has 2 fully saturated rings. The molecule has 0 bridgehead atoms. The van der Waals surface area contributed by atoms with E-state index in [2.05, 4.69) is 24.2 Å². The summed E-state index contributed by atoms with van der Waals surface area (Å²) in [6.45, 7) is 6.57. The third-order valence-electron chi connectivity index (χ3n) is 6.86. The van der Waals surface area contributed by atoms with Gasteiger partial charge in [-0.1, -0.05) is 36.3 Å². The zero-order valence-corrected chi connectivity index (χ0v) is 17.5. The SMILES string of the molecule is Cc1ccccc1C1=NO[C@H](CC2(C(=O)N3CC[C@H](O)[C@H](C)C3)CCOCC2)C1. The third kappa shape index (κ3) is 4.19. The first-order valence-electron chi connectivity index (χ1n) is 10.8. The minimum absolute atomic E-state index is 0.0838. The first kappa shape index (κ1) is 20.4. The number of aliphatic hydroxyl groups is 1. The fourth-order valence-electron chi connectivity index (χ4n) is 4.95. The quantitative estimate of drug-likeness (QED) is 0.844. The Morgan fingerprint density at radius 3 is 2.79 bits per heavy atom. The molecule has 1 aromatic carbocycles. The van der Waals surface area contributed by atoms with E-state index in [1.54, 1.807) is 0 Å². The molecule has 3 aliphatic heterocycles. The predicted molar refractivity (Wildman–Crippen MR) is 111 cm³/mol. The van der Waals surface area contributed by atoms with Crippen molar-refractivity contribution in [2.45, 2.75) is 58.2 Å². The van der Waals surface area contributed by atoms with Gasteiger partial charge in [0.05, 0.1) is 17.2 Å². The van der Waals surface area contributed by atoms with Crippen LogP contribution in [0.2, 0.25) is 0 Å². The lowest BCUT2D eigenvalue weighted by Gasteiger charge is -2.43. The predicted octanol–water partition coefficient (Wildman–Crippen LogP) is 2.90. The van der Waals surface area contributed by atoms with E-state index in [9.17, 15) is 9.90 Å². The van der Waals surface area contributed by atoms with Crippen molar-refractivity contribution < 1.29 is 19.5 Å². The molecular weight excluding hydrogens is 368 g/mol. The molecule has 2 saturated heterocycles. The van der Waals surface area contributed by atoms with E-state index in [0.717, 1.165) is 30.5 Å². The van der Waals surface area contributed by atoms with E-state index in [1.165, 1.54) is 5.56 Å². The molecule has 0 radical (unpaired) electrons. The number of carbonyl (C=O) groups is 1. The minimum atomic E-state index is -0.457. The monoisotopic (exact) mass is 400 g/mol. The Kier molecular flexibility index (Phi) is 5.93. The van der Waals surface area contributed by atoms with Gasteiger partial charge in [-0.25, -0.2) is 0 Å². The molecule has 3 aliphatic rings. The van der Waals surface area contributed by atoms with Crippen LogP contribution in [0.4, 0.5) is 0 Å². The van der Waals surface area contributed by atoms with Gasteiger partial charge in [0.2, 0.25) is 5.91 Å². The van der Waals surface area contributed by atoms with Gasteiger partial charge in [-0.3, -0.25) is 4.79 Å². The molecule has 1 N–H and O–H groups in total. The number of carbonyl (C=O) groups excluding carboxylic acids is 1. The summed E-state index contributed by atoms with van der Waals surface area (Å²) in [6.07, 6.45) is 3.10. The number of nitrogens with zero attached hydrogens (tertiary/aromatic N) is 2. The molecule has 0 aliphatic carbocycles. The highest BCUT2D eigenvalue weighted by atomic mass is 16.6. The second kappa shape index (κ2) is 8.44. The minimum Gasteiger partial charge on any atom is -0.393 e.